The molecule has 73 heavy (non-hydrogen) atoms. The number of nitrogens with zero attached hydrogens (tertiary/aromatic N) is 7. The maximum atomic E-state index is 14.4. The molecule has 1 aliphatic rings. The van der Waals surface area contributed by atoms with Crippen LogP contribution in [0.4, 0.5) is 14.4 Å². The number of ether oxygens (including phenoxy) is 1. The van der Waals surface area contributed by atoms with Crippen LogP contribution in [-0.4, -0.2) is 210 Å². The highest BCUT2D eigenvalue weighted by Crippen LogP contribution is 2.21. The van der Waals surface area contributed by atoms with Crippen molar-refractivity contribution in [2.75, 3.05) is 56.4 Å². The molecule has 24 nitrogen and oxygen atoms in total. The second-order valence-corrected chi connectivity index (χ2v) is 21.0. The maximum absolute atomic E-state index is 14.4. The van der Waals surface area contributed by atoms with E-state index in [-0.39, 0.29) is 37.0 Å². The van der Waals surface area contributed by atoms with E-state index in [2.05, 4.69) is 16.0 Å². The molecule has 414 valence electrons. The summed E-state index contributed by atoms with van der Waals surface area (Å²) >= 11 is 0. The first-order valence-corrected chi connectivity index (χ1v) is 24.7. The number of amides is 14. The van der Waals surface area contributed by atoms with Crippen molar-refractivity contribution in [2.45, 2.75) is 157 Å². The molecule has 0 bridgehead atoms. The van der Waals surface area contributed by atoms with Crippen molar-refractivity contribution in [1.29, 1.82) is 0 Å². The van der Waals surface area contributed by atoms with E-state index >= 15 is 0 Å². The number of hydrogen-bond acceptors (Lipinski definition) is 13. The average Bonchev–Trinajstić information content (AvgIpc) is 3.30. The van der Waals surface area contributed by atoms with Gasteiger partial charge in [-0.3, -0.25) is 53.5 Å². The summed E-state index contributed by atoms with van der Waals surface area (Å²) in [7, 11) is 9.50. The van der Waals surface area contributed by atoms with Crippen LogP contribution >= 0.6 is 0 Å². The fourth-order valence-electron chi connectivity index (χ4n) is 8.36. The minimum Gasteiger partial charge on any atom is -0.467 e. The van der Waals surface area contributed by atoms with E-state index in [4.69, 9.17) is 4.74 Å². The number of rotatable bonds is 9. The lowest BCUT2D eigenvalue weighted by molar-refractivity contribution is -0.156. The van der Waals surface area contributed by atoms with E-state index in [1.165, 1.54) is 58.9 Å². The molecular formula is C49H85N11O13. The summed E-state index contributed by atoms with van der Waals surface area (Å²) in [4.78, 5) is 173. The van der Waals surface area contributed by atoms with Gasteiger partial charge in [-0.05, 0) is 62.7 Å². The van der Waals surface area contributed by atoms with Crippen LogP contribution in [0.2, 0.25) is 0 Å². The molecule has 14 amide bonds. The zero-order valence-electron chi connectivity index (χ0n) is 46.8. The lowest BCUT2D eigenvalue weighted by Gasteiger charge is -2.36. The van der Waals surface area contributed by atoms with Gasteiger partial charge in [0.25, 0.3) is 11.8 Å². The topological polar surface area (TPSA) is 285 Å². The third kappa shape index (κ3) is 17.4. The lowest BCUT2D eigenvalue weighted by Crippen LogP contribution is -2.62. The van der Waals surface area contributed by atoms with E-state index in [0.717, 1.165) is 35.9 Å². The molecular weight excluding hydrogens is 951 g/mol. The molecule has 1 heterocycles. The number of methoxy groups -OCH3 is 1. The standard InChI is InChI=1S/C49H85N11O13/c1-25(2)21-32-24-35(61)57(16)49(72)59(18)37(29(9)10)44(67)60(19)48(71)53-47(70)58(17)38(46(69)73-20)45(68)56(15)34(23-27(5)6)41(64)52-36(28(7)8)43(66)55(14)33(22-26(3)4)40(63)50-30(11)39(62)51-31(12)42(65)54(32)13/h25-34,36-38H,21-24H2,1-20H3,(H,50,63)(H,51,62)(H,52,64)(H,53,70,71)/t30-,31?,32-,33-,34-,36-,37-,38?/m0/s1. The summed E-state index contributed by atoms with van der Waals surface area (Å²) in [5, 5.41) is 9.99. The molecule has 0 aliphatic carbocycles. The highest BCUT2D eigenvalue weighted by molar-refractivity contribution is 6.09. The molecule has 1 fully saturated rings. The minimum absolute atomic E-state index is 0.00655. The molecule has 4 N–H and O–H groups in total. The van der Waals surface area contributed by atoms with Gasteiger partial charge in [0.15, 0.2) is 0 Å². The Bertz CT molecular complexity index is 2050. The van der Waals surface area contributed by atoms with Crippen LogP contribution in [0.5, 0.6) is 0 Å². The second kappa shape index (κ2) is 28.2. The first-order chi connectivity index (χ1) is 33.5. The largest absolute Gasteiger partial charge is 0.467 e. The quantitative estimate of drug-likeness (QED) is 0.188. The van der Waals surface area contributed by atoms with Crippen molar-refractivity contribution in [3.63, 3.8) is 0 Å². The maximum Gasteiger partial charge on any atom is 0.338 e. The van der Waals surface area contributed by atoms with Crippen molar-refractivity contribution in [1.82, 2.24) is 55.6 Å². The Hall–Kier alpha value is -6.36. The van der Waals surface area contributed by atoms with Gasteiger partial charge in [0, 0.05) is 61.8 Å². The summed E-state index contributed by atoms with van der Waals surface area (Å²) in [5.41, 5.74) is 0. The van der Waals surface area contributed by atoms with Gasteiger partial charge in [0.1, 0.15) is 36.3 Å². The number of carbonyl (C=O) groups excluding carboxylic acids is 12. The molecule has 0 radical (unpaired) electrons. The molecule has 0 aromatic rings. The molecule has 8 atom stereocenters. The molecule has 0 spiro atoms. The number of imide groups is 3. The van der Waals surface area contributed by atoms with Gasteiger partial charge in [-0.2, -0.15) is 0 Å². The number of esters is 1. The summed E-state index contributed by atoms with van der Waals surface area (Å²) in [6, 6.07) is -14.0. The van der Waals surface area contributed by atoms with Crippen LogP contribution < -0.4 is 21.3 Å². The number of urea groups is 3. The van der Waals surface area contributed by atoms with E-state index in [1.54, 1.807) is 41.5 Å². The van der Waals surface area contributed by atoms with Crippen molar-refractivity contribution < 1.29 is 62.3 Å². The lowest BCUT2D eigenvalue weighted by atomic mass is 9.96. The fraction of sp³-hybridized carbons (Fsp3) is 0.755. The monoisotopic (exact) mass is 1040 g/mol. The van der Waals surface area contributed by atoms with Crippen molar-refractivity contribution in [3.05, 3.63) is 0 Å². The summed E-state index contributed by atoms with van der Waals surface area (Å²) in [6.45, 7) is 20.3. The Morgan fingerprint density at radius 2 is 0.986 bits per heavy atom. The summed E-state index contributed by atoms with van der Waals surface area (Å²) in [6.07, 6.45) is 0.0748. The van der Waals surface area contributed by atoms with Crippen LogP contribution in [0.15, 0.2) is 0 Å². The minimum atomic E-state index is -2.09. The number of carbonyl (C=O) groups is 12. The van der Waals surface area contributed by atoms with Gasteiger partial charge >= 0.3 is 24.1 Å². The van der Waals surface area contributed by atoms with Crippen molar-refractivity contribution in [2.24, 2.45) is 29.6 Å². The SMILES string of the molecule is COC(=O)C1C(=O)N(C)[C@@H](CC(C)C)C(=O)N[C@@H](C(C)C)C(=O)N(C)[C@@H](CC(C)C)C(=O)N[C@@H](C)C(=O)NC(C)C(=O)N(C)[C@@H](CC(C)C)CC(=O)N(C)C(=O)N(C)[C@@H](C(C)C)C(=O)N(C)C(=O)NC(=O)N1C. The van der Waals surface area contributed by atoms with Crippen LogP contribution in [0.1, 0.15) is 109 Å². The molecule has 0 aromatic carbocycles. The normalized spacial score (nSPS) is 25.8. The molecule has 2 unspecified atom stereocenters. The van der Waals surface area contributed by atoms with Gasteiger partial charge in [0.05, 0.1) is 7.11 Å². The van der Waals surface area contributed by atoms with Crippen LogP contribution in [0.3, 0.4) is 0 Å². The molecule has 1 aliphatic heterocycles. The first kappa shape index (κ1) is 64.7. The zero-order valence-corrected chi connectivity index (χ0v) is 46.8. The van der Waals surface area contributed by atoms with E-state index in [1.807, 2.05) is 33.0 Å². The highest BCUT2D eigenvalue weighted by Gasteiger charge is 2.44. The highest BCUT2D eigenvalue weighted by atomic mass is 16.5. The Labute approximate surface area is 431 Å². The Balaban J connectivity index is 4.06. The van der Waals surface area contributed by atoms with Gasteiger partial charge < -0.3 is 45.2 Å². The number of likely N-dealkylation sites (N-methyl/N-ethyl adjacent to an activating group) is 6. The van der Waals surface area contributed by atoms with E-state index in [9.17, 15) is 57.5 Å². The average molecular weight is 1040 g/mol. The van der Waals surface area contributed by atoms with Gasteiger partial charge in [-0.15, -0.1) is 0 Å². The van der Waals surface area contributed by atoms with Crippen molar-refractivity contribution in [3.8, 4) is 0 Å². The smallest absolute Gasteiger partial charge is 0.338 e. The third-order valence-electron chi connectivity index (χ3n) is 12.9. The predicted molar refractivity (Wildman–Crippen MR) is 269 cm³/mol. The molecule has 1 rings (SSSR count). The third-order valence-corrected chi connectivity index (χ3v) is 12.9. The van der Waals surface area contributed by atoms with Crippen LogP contribution in [0, 0.1) is 29.6 Å². The first-order valence-electron chi connectivity index (χ1n) is 24.7. The Morgan fingerprint density at radius 3 is 1.44 bits per heavy atom. The van der Waals surface area contributed by atoms with Gasteiger partial charge in [-0.25, -0.2) is 19.2 Å². The van der Waals surface area contributed by atoms with Crippen molar-refractivity contribution >= 4 is 71.3 Å². The van der Waals surface area contributed by atoms with Gasteiger partial charge in [-0.1, -0.05) is 69.2 Å². The fourth-order valence-corrected chi connectivity index (χ4v) is 8.36. The molecule has 0 aromatic heterocycles. The zero-order chi connectivity index (χ0) is 56.8. The number of hydrogen-bond donors (Lipinski definition) is 4. The van der Waals surface area contributed by atoms with E-state index in [0.29, 0.717) is 16.2 Å². The summed E-state index contributed by atoms with van der Waals surface area (Å²) < 4.78 is 4.89. The Kier molecular flexibility index (Phi) is 25.0. The second-order valence-electron chi connectivity index (χ2n) is 21.0. The summed E-state index contributed by atoms with van der Waals surface area (Å²) in [5.74, 6) is -9.30. The predicted octanol–water partition coefficient (Wildman–Crippen LogP) is 1.46. The molecule has 1 saturated heterocycles. The van der Waals surface area contributed by atoms with Crippen LogP contribution in [-0.2, 0) is 47.9 Å². The van der Waals surface area contributed by atoms with Crippen LogP contribution in [0.25, 0.3) is 0 Å². The molecule has 0 saturated carbocycles. The Morgan fingerprint density at radius 1 is 0.521 bits per heavy atom. The number of nitrogens with one attached hydrogen (secondary N) is 4. The molecule has 24 heteroatoms. The van der Waals surface area contributed by atoms with Gasteiger partial charge in [0.2, 0.25) is 41.5 Å². The van der Waals surface area contributed by atoms with E-state index < -0.39 is 131 Å².